The number of nitro groups is 1. The number of aromatic nitrogens is 1. The number of nitriles is 1. The normalized spacial score (nSPS) is 12.5. The summed E-state index contributed by atoms with van der Waals surface area (Å²) in [6.45, 7) is 1.96. The van der Waals surface area contributed by atoms with E-state index in [2.05, 4.69) is 0 Å². The standard InChI is InChI=1S/C18H15N3O6/c1-2-25-18(22)12(9-19)6-14-4-3-5-20(14)10-13-7-16-17(27-11-26-16)8-15(13)21(23)24/h3-8H,2,10-11H2,1H3/b12-6+. The Hall–Kier alpha value is -3.80. The number of esters is 1. The van der Waals surface area contributed by atoms with Gasteiger partial charge in [0.1, 0.15) is 11.6 Å². The molecule has 0 N–H and O–H groups in total. The lowest BCUT2D eigenvalue weighted by Gasteiger charge is -2.09. The molecule has 0 unspecified atom stereocenters. The molecule has 0 saturated heterocycles. The molecule has 27 heavy (non-hydrogen) atoms. The van der Waals surface area contributed by atoms with Gasteiger partial charge in [-0.2, -0.15) is 5.26 Å². The van der Waals surface area contributed by atoms with Crippen LogP contribution in [0.4, 0.5) is 5.69 Å². The van der Waals surface area contributed by atoms with E-state index >= 15 is 0 Å². The second-order valence-corrected chi connectivity index (χ2v) is 5.54. The molecule has 0 bridgehead atoms. The molecule has 2 heterocycles. The van der Waals surface area contributed by atoms with Crippen molar-refractivity contribution in [3.63, 3.8) is 0 Å². The van der Waals surface area contributed by atoms with Gasteiger partial charge in [0.05, 0.1) is 29.7 Å². The summed E-state index contributed by atoms with van der Waals surface area (Å²) < 4.78 is 17.0. The van der Waals surface area contributed by atoms with Gasteiger partial charge >= 0.3 is 5.97 Å². The van der Waals surface area contributed by atoms with E-state index < -0.39 is 10.9 Å². The molecule has 1 aliphatic heterocycles. The number of rotatable bonds is 6. The summed E-state index contributed by atoms with van der Waals surface area (Å²) in [5.74, 6) is 0.0399. The summed E-state index contributed by atoms with van der Waals surface area (Å²) in [6, 6.07) is 8.10. The molecule has 0 atom stereocenters. The first kappa shape index (κ1) is 18.0. The van der Waals surface area contributed by atoms with Gasteiger partial charge in [-0.1, -0.05) is 0 Å². The largest absolute Gasteiger partial charge is 0.462 e. The molecule has 0 fully saturated rings. The number of hydrogen-bond donors (Lipinski definition) is 0. The van der Waals surface area contributed by atoms with Crippen LogP contribution >= 0.6 is 0 Å². The monoisotopic (exact) mass is 369 g/mol. The lowest BCUT2D eigenvalue weighted by molar-refractivity contribution is -0.385. The van der Waals surface area contributed by atoms with Crippen molar-refractivity contribution in [2.24, 2.45) is 0 Å². The fourth-order valence-electron chi connectivity index (χ4n) is 2.65. The van der Waals surface area contributed by atoms with Crippen LogP contribution in [-0.4, -0.2) is 28.9 Å². The summed E-state index contributed by atoms with van der Waals surface area (Å²) in [5.41, 5.74) is 0.682. The Kier molecular flexibility index (Phi) is 5.08. The van der Waals surface area contributed by atoms with E-state index in [9.17, 15) is 20.2 Å². The molecular formula is C18H15N3O6. The van der Waals surface area contributed by atoms with Gasteiger partial charge in [0.2, 0.25) is 6.79 Å². The summed E-state index contributed by atoms with van der Waals surface area (Å²) in [4.78, 5) is 22.7. The maximum absolute atomic E-state index is 11.8. The molecule has 1 aromatic heterocycles. The molecule has 2 aromatic rings. The third kappa shape index (κ3) is 3.74. The minimum atomic E-state index is -0.721. The van der Waals surface area contributed by atoms with Crippen LogP contribution in [-0.2, 0) is 16.1 Å². The van der Waals surface area contributed by atoms with Crippen molar-refractivity contribution in [3.05, 3.63) is 57.4 Å². The Morgan fingerprint density at radius 3 is 2.85 bits per heavy atom. The van der Waals surface area contributed by atoms with Crippen molar-refractivity contribution in [1.29, 1.82) is 5.26 Å². The van der Waals surface area contributed by atoms with Crippen LogP contribution in [0, 0.1) is 21.4 Å². The Labute approximate surface area is 154 Å². The Morgan fingerprint density at radius 2 is 2.19 bits per heavy atom. The SMILES string of the molecule is CCOC(=O)/C(C#N)=C/c1cccn1Cc1cc2c(cc1[N+](=O)[O-])OCO2. The molecule has 9 nitrogen and oxygen atoms in total. The first-order chi connectivity index (χ1) is 13.0. The second kappa shape index (κ2) is 7.61. The molecular weight excluding hydrogens is 354 g/mol. The highest BCUT2D eigenvalue weighted by atomic mass is 16.7. The van der Waals surface area contributed by atoms with Crippen LogP contribution in [0.2, 0.25) is 0 Å². The highest BCUT2D eigenvalue weighted by Gasteiger charge is 2.23. The van der Waals surface area contributed by atoms with E-state index in [1.807, 2.05) is 6.07 Å². The fourth-order valence-corrected chi connectivity index (χ4v) is 2.65. The van der Waals surface area contributed by atoms with E-state index in [1.165, 1.54) is 12.1 Å². The summed E-state index contributed by atoms with van der Waals surface area (Å²) in [7, 11) is 0. The topological polar surface area (TPSA) is 117 Å². The number of ether oxygens (including phenoxy) is 3. The third-order valence-corrected chi connectivity index (χ3v) is 3.88. The lowest BCUT2D eigenvalue weighted by atomic mass is 10.1. The first-order valence-electron chi connectivity index (χ1n) is 8.04. The number of carbonyl (C=O) groups excluding carboxylic acids is 1. The van der Waals surface area contributed by atoms with Gasteiger partial charge in [-0.3, -0.25) is 10.1 Å². The smallest absolute Gasteiger partial charge is 0.348 e. The second-order valence-electron chi connectivity index (χ2n) is 5.54. The molecule has 0 saturated carbocycles. The maximum atomic E-state index is 11.8. The molecule has 138 valence electrons. The molecule has 3 rings (SSSR count). The van der Waals surface area contributed by atoms with Crippen LogP contribution in [0.3, 0.4) is 0 Å². The van der Waals surface area contributed by atoms with Gasteiger partial charge in [-0.05, 0) is 31.2 Å². The van der Waals surface area contributed by atoms with Crippen LogP contribution < -0.4 is 9.47 Å². The van der Waals surface area contributed by atoms with Gasteiger partial charge in [-0.15, -0.1) is 0 Å². The number of nitro benzene ring substituents is 1. The van der Waals surface area contributed by atoms with Crippen molar-refractivity contribution < 1.29 is 23.9 Å². The van der Waals surface area contributed by atoms with Gasteiger partial charge in [0, 0.05) is 11.9 Å². The Morgan fingerprint density at radius 1 is 1.44 bits per heavy atom. The number of nitrogens with zero attached hydrogens (tertiary/aromatic N) is 3. The molecule has 0 aliphatic carbocycles. The van der Waals surface area contributed by atoms with E-state index in [0.29, 0.717) is 22.8 Å². The van der Waals surface area contributed by atoms with Crippen LogP contribution in [0.5, 0.6) is 11.5 Å². The molecule has 1 aliphatic rings. The van der Waals surface area contributed by atoms with E-state index in [-0.39, 0.29) is 31.2 Å². The van der Waals surface area contributed by atoms with Crippen LogP contribution in [0.15, 0.2) is 36.0 Å². The van der Waals surface area contributed by atoms with Crippen molar-refractivity contribution in [2.75, 3.05) is 13.4 Å². The zero-order valence-electron chi connectivity index (χ0n) is 14.4. The quantitative estimate of drug-likeness (QED) is 0.253. The highest BCUT2D eigenvalue weighted by Crippen LogP contribution is 2.38. The summed E-state index contributed by atoms with van der Waals surface area (Å²) in [6.07, 6.45) is 3.08. The highest BCUT2D eigenvalue weighted by molar-refractivity contribution is 5.97. The van der Waals surface area contributed by atoms with Gasteiger partial charge in [-0.25, -0.2) is 4.79 Å². The zero-order valence-corrected chi connectivity index (χ0v) is 14.4. The van der Waals surface area contributed by atoms with E-state index in [1.54, 1.807) is 35.9 Å². The van der Waals surface area contributed by atoms with E-state index in [0.717, 1.165) is 0 Å². The van der Waals surface area contributed by atoms with Crippen LogP contribution in [0.1, 0.15) is 18.2 Å². The van der Waals surface area contributed by atoms with Gasteiger partial charge in [0.25, 0.3) is 5.69 Å². The zero-order chi connectivity index (χ0) is 19.4. The van der Waals surface area contributed by atoms with Gasteiger partial charge < -0.3 is 18.8 Å². The fraction of sp³-hybridized carbons (Fsp3) is 0.222. The van der Waals surface area contributed by atoms with Crippen LogP contribution in [0.25, 0.3) is 6.08 Å². The summed E-state index contributed by atoms with van der Waals surface area (Å²) >= 11 is 0. The third-order valence-electron chi connectivity index (χ3n) is 3.88. The number of fused-ring (bicyclic) bond motifs is 1. The van der Waals surface area contributed by atoms with Crippen molar-refractivity contribution in [3.8, 4) is 17.6 Å². The molecule has 0 amide bonds. The number of hydrogen-bond acceptors (Lipinski definition) is 7. The molecule has 9 heteroatoms. The van der Waals surface area contributed by atoms with Gasteiger partial charge in [0.15, 0.2) is 11.5 Å². The number of carbonyl (C=O) groups is 1. The van der Waals surface area contributed by atoms with Crippen molar-refractivity contribution >= 4 is 17.7 Å². The predicted octanol–water partition coefficient (Wildman–Crippen LogP) is 2.64. The average molecular weight is 369 g/mol. The van der Waals surface area contributed by atoms with Crippen molar-refractivity contribution in [2.45, 2.75) is 13.5 Å². The number of benzene rings is 1. The van der Waals surface area contributed by atoms with E-state index in [4.69, 9.17) is 14.2 Å². The summed E-state index contributed by atoms with van der Waals surface area (Å²) in [5, 5.41) is 20.6. The Bertz CT molecular complexity index is 970. The Balaban J connectivity index is 1.95. The molecule has 0 radical (unpaired) electrons. The molecule has 0 spiro atoms. The molecule has 1 aromatic carbocycles. The average Bonchev–Trinajstić information content (AvgIpc) is 3.27. The lowest BCUT2D eigenvalue weighted by Crippen LogP contribution is -2.08. The minimum absolute atomic E-state index is 0.0124. The first-order valence-corrected chi connectivity index (χ1v) is 8.04. The minimum Gasteiger partial charge on any atom is -0.462 e. The van der Waals surface area contributed by atoms with Crippen molar-refractivity contribution in [1.82, 2.24) is 4.57 Å². The predicted molar refractivity (Wildman–Crippen MR) is 93.0 cm³/mol. The maximum Gasteiger partial charge on any atom is 0.348 e.